The normalized spacial score (nSPS) is 17.9. The first-order valence-corrected chi connectivity index (χ1v) is 8.01. The Kier molecular flexibility index (Phi) is 6.20. The number of benzene rings is 1. The number of likely N-dealkylation sites (N-methyl/N-ethyl adjacent to an activating group) is 1. The van der Waals surface area contributed by atoms with Gasteiger partial charge in [0, 0.05) is 39.6 Å². The summed E-state index contributed by atoms with van der Waals surface area (Å²) in [6.07, 6.45) is 2.90. The minimum absolute atomic E-state index is 0.00158. The molecule has 23 heavy (non-hydrogen) atoms. The molecule has 1 amide bonds. The molecule has 1 atom stereocenters. The van der Waals surface area contributed by atoms with Crippen molar-refractivity contribution >= 4 is 11.9 Å². The number of carbonyl (C=O) groups is 1. The van der Waals surface area contributed by atoms with Gasteiger partial charge in [-0.3, -0.25) is 4.79 Å². The van der Waals surface area contributed by atoms with Crippen molar-refractivity contribution in [1.82, 2.24) is 15.1 Å². The summed E-state index contributed by atoms with van der Waals surface area (Å²) >= 11 is 0. The van der Waals surface area contributed by atoms with Gasteiger partial charge in [0.2, 0.25) is 5.91 Å². The predicted molar refractivity (Wildman–Crippen MR) is 94.6 cm³/mol. The average Bonchev–Trinajstić information content (AvgIpc) is 3.05. The van der Waals surface area contributed by atoms with Gasteiger partial charge >= 0.3 is 0 Å². The van der Waals surface area contributed by atoms with Crippen LogP contribution in [0.3, 0.4) is 0 Å². The highest BCUT2D eigenvalue weighted by Crippen LogP contribution is 2.26. The quantitative estimate of drug-likeness (QED) is 0.511. The molecule has 1 unspecified atom stereocenters. The fraction of sp³-hybridized carbons (Fsp3) is 0.444. The van der Waals surface area contributed by atoms with Crippen LogP contribution in [0.15, 0.2) is 48.0 Å². The highest BCUT2D eigenvalue weighted by molar-refractivity contribution is 5.85. The fourth-order valence-corrected chi connectivity index (χ4v) is 2.67. The maximum absolute atomic E-state index is 11.8. The highest BCUT2D eigenvalue weighted by atomic mass is 16.2. The second kappa shape index (κ2) is 8.36. The van der Waals surface area contributed by atoms with Gasteiger partial charge in [0.1, 0.15) is 6.54 Å². The lowest BCUT2D eigenvalue weighted by molar-refractivity contribution is -0.127. The zero-order valence-corrected chi connectivity index (χ0v) is 14.0. The van der Waals surface area contributed by atoms with E-state index in [4.69, 9.17) is 0 Å². The van der Waals surface area contributed by atoms with Gasteiger partial charge in [0.15, 0.2) is 5.96 Å². The molecule has 1 N–H and O–H groups in total. The van der Waals surface area contributed by atoms with Crippen LogP contribution in [-0.4, -0.2) is 61.9 Å². The summed E-state index contributed by atoms with van der Waals surface area (Å²) in [5.41, 5.74) is 1.36. The van der Waals surface area contributed by atoms with Crippen molar-refractivity contribution in [2.24, 2.45) is 4.99 Å². The van der Waals surface area contributed by atoms with Crippen LogP contribution >= 0.6 is 0 Å². The first-order valence-electron chi connectivity index (χ1n) is 8.01. The number of amides is 1. The summed E-state index contributed by atoms with van der Waals surface area (Å²) in [6, 6.07) is 10.6. The number of likely N-dealkylation sites (tertiary alicyclic amines) is 1. The predicted octanol–water partition coefficient (Wildman–Crippen LogP) is 1.70. The summed E-state index contributed by atoms with van der Waals surface area (Å²) in [5, 5.41) is 3.26. The molecule has 1 aromatic rings. The van der Waals surface area contributed by atoms with Crippen LogP contribution in [-0.2, 0) is 4.79 Å². The molecule has 1 aromatic carbocycles. The molecule has 5 heteroatoms. The van der Waals surface area contributed by atoms with Gasteiger partial charge in [-0.25, -0.2) is 4.99 Å². The van der Waals surface area contributed by atoms with Gasteiger partial charge in [0.05, 0.1) is 0 Å². The standard InChI is InChI=1S/C18H26N4O/c1-4-11-19-18(20-13-17(23)21(2)3)22-12-10-16(14-22)15-8-6-5-7-9-15/h4-9,16H,1,10-14H2,2-3H3,(H,19,20). The Bertz CT molecular complexity index is 553. The maximum atomic E-state index is 11.8. The third-order valence-electron chi connectivity index (χ3n) is 4.03. The van der Waals surface area contributed by atoms with Crippen molar-refractivity contribution in [3.8, 4) is 0 Å². The topological polar surface area (TPSA) is 47.9 Å². The van der Waals surface area contributed by atoms with E-state index in [1.165, 1.54) is 5.56 Å². The first-order chi connectivity index (χ1) is 11.1. The minimum Gasteiger partial charge on any atom is -0.353 e. The molecule has 0 aromatic heterocycles. The van der Waals surface area contributed by atoms with Gasteiger partial charge in [-0.1, -0.05) is 36.4 Å². The molecule has 0 radical (unpaired) electrons. The Hall–Kier alpha value is -2.30. The van der Waals surface area contributed by atoms with E-state index in [0.29, 0.717) is 12.5 Å². The van der Waals surface area contributed by atoms with Crippen LogP contribution in [0.5, 0.6) is 0 Å². The summed E-state index contributed by atoms with van der Waals surface area (Å²) in [4.78, 5) is 20.0. The van der Waals surface area contributed by atoms with E-state index < -0.39 is 0 Å². The Labute approximate surface area is 138 Å². The molecular formula is C18H26N4O. The number of nitrogens with one attached hydrogen (secondary N) is 1. The second-order valence-corrected chi connectivity index (χ2v) is 5.94. The molecule has 0 aliphatic carbocycles. The van der Waals surface area contributed by atoms with Crippen LogP contribution in [0.25, 0.3) is 0 Å². The van der Waals surface area contributed by atoms with E-state index in [9.17, 15) is 4.79 Å². The Balaban J connectivity index is 2.03. The lowest BCUT2D eigenvalue weighted by atomic mass is 9.99. The second-order valence-electron chi connectivity index (χ2n) is 5.94. The van der Waals surface area contributed by atoms with Crippen molar-refractivity contribution in [3.63, 3.8) is 0 Å². The van der Waals surface area contributed by atoms with Gasteiger partial charge < -0.3 is 15.1 Å². The zero-order valence-electron chi connectivity index (χ0n) is 14.0. The molecule has 0 bridgehead atoms. The smallest absolute Gasteiger partial charge is 0.243 e. The number of guanidine groups is 1. The SMILES string of the molecule is C=CCNC(=NCC(=O)N(C)C)N1CCC(c2ccccc2)C1. The summed E-state index contributed by atoms with van der Waals surface area (Å²) < 4.78 is 0. The van der Waals surface area contributed by atoms with Crippen molar-refractivity contribution in [3.05, 3.63) is 48.6 Å². The number of nitrogens with zero attached hydrogens (tertiary/aromatic N) is 3. The summed E-state index contributed by atoms with van der Waals surface area (Å²) in [5.74, 6) is 1.30. The van der Waals surface area contributed by atoms with Crippen LogP contribution in [0, 0.1) is 0 Å². The molecule has 1 saturated heterocycles. The number of carbonyl (C=O) groups excluding carboxylic acids is 1. The number of hydrogen-bond acceptors (Lipinski definition) is 2. The molecule has 1 aliphatic rings. The first kappa shape index (κ1) is 17.1. The van der Waals surface area contributed by atoms with E-state index in [-0.39, 0.29) is 12.5 Å². The van der Waals surface area contributed by atoms with Crippen LogP contribution in [0.1, 0.15) is 17.9 Å². The molecular weight excluding hydrogens is 288 g/mol. The maximum Gasteiger partial charge on any atom is 0.243 e. The number of hydrogen-bond donors (Lipinski definition) is 1. The molecule has 124 valence electrons. The lowest BCUT2D eigenvalue weighted by Gasteiger charge is -2.22. The molecule has 0 saturated carbocycles. The van der Waals surface area contributed by atoms with E-state index in [2.05, 4.69) is 46.1 Å². The Morgan fingerprint density at radius 2 is 2.17 bits per heavy atom. The summed E-state index contributed by atoms with van der Waals surface area (Å²) in [7, 11) is 3.49. The van der Waals surface area contributed by atoms with E-state index in [1.54, 1.807) is 25.1 Å². The largest absolute Gasteiger partial charge is 0.353 e. The number of rotatable bonds is 5. The van der Waals surface area contributed by atoms with Gasteiger partial charge in [-0.15, -0.1) is 6.58 Å². The molecule has 5 nitrogen and oxygen atoms in total. The molecule has 2 rings (SSSR count). The lowest BCUT2D eigenvalue weighted by Crippen LogP contribution is -2.41. The van der Waals surface area contributed by atoms with E-state index >= 15 is 0 Å². The van der Waals surface area contributed by atoms with Crippen molar-refractivity contribution in [2.45, 2.75) is 12.3 Å². The van der Waals surface area contributed by atoms with Crippen LogP contribution < -0.4 is 5.32 Å². The monoisotopic (exact) mass is 314 g/mol. The number of aliphatic imine (C=N–C) groups is 1. The van der Waals surface area contributed by atoms with Gasteiger partial charge in [-0.05, 0) is 12.0 Å². The van der Waals surface area contributed by atoms with Gasteiger partial charge in [-0.2, -0.15) is 0 Å². The van der Waals surface area contributed by atoms with Crippen molar-refractivity contribution < 1.29 is 4.79 Å². The van der Waals surface area contributed by atoms with E-state index in [1.807, 2.05) is 6.07 Å². The zero-order chi connectivity index (χ0) is 16.7. The Morgan fingerprint density at radius 3 is 2.83 bits per heavy atom. The summed E-state index contributed by atoms with van der Waals surface area (Å²) in [6.45, 7) is 6.40. The fourth-order valence-electron chi connectivity index (χ4n) is 2.67. The van der Waals surface area contributed by atoms with Crippen LogP contribution in [0.4, 0.5) is 0 Å². The molecule has 1 aliphatic heterocycles. The molecule has 0 spiro atoms. The Morgan fingerprint density at radius 1 is 1.43 bits per heavy atom. The van der Waals surface area contributed by atoms with Crippen LogP contribution in [0.2, 0.25) is 0 Å². The highest BCUT2D eigenvalue weighted by Gasteiger charge is 2.26. The third kappa shape index (κ3) is 4.84. The third-order valence-corrected chi connectivity index (χ3v) is 4.03. The minimum atomic E-state index is 0.00158. The molecule has 1 fully saturated rings. The average molecular weight is 314 g/mol. The van der Waals surface area contributed by atoms with Crippen molar-refractivity contribution in [2.75, 3.05) is 40.3 Å². The molecule has 1 heterocycles. The van der Waals surface area contributed by atoms with Gasteiger partial charge in [0.25, 0.3) is 0 Å². The van der Waals surface area contributed by atoms with E-state index in [0.717, 1.165) is 25.5 Å². The van der Waals surface area contributed by atoms with Crippen molar-refractivity contribution in [1.29, 1.82) is 0 Å².